The van der Waals surface area contributed by atoms with Crippen molar-refractivity contribution in [3.05, 3.63) is 35.4 Å². The lowest BCUT2D eigenvalue weighted by atomic mass is 9.85. The van der Waals surface area contributed by atoms with Crippen LogP contribution < -0.4 is 5.73 Å². The summed E-state index contributed by atoms with van der Waals surface area (Å²) in [5, 5.41) is 9.14. The Kier molecular flexibility index (Phi) is 4.24. The van der Waals surface area contributed by atoms with Crippen LogP contribution >= 0.6 is 0 Å². The van der Waals surface area contributed by atoms with Gasteiger partial charge in [0.25, 0.3) is 0 Å². The molecule has 0 aromatic heterocycles. The second-order valence-corrected chi connectivity index (χ2v) is 5.77. The zero-order valence-electron chi connectivity index (χ0n) is 11.7. The van der Waals surface area contributed by atoms with Crippen molar-refractivity contribution in [2.45, 2.75) is 50.7 Å². The van der Waals surface area contributed by atoms with Crippen molar-refractivity contribution in [3.8, 4) is 6.07 Å². The molecule has 1 saturated heterocycles. The molecule has 2 N–H and O–H groups in total. The summed E-state index contributed by atoms with van der Waals surface area (Å²) in [5.74, 6) is 0. The molecule has 3 heteroatoms. The van der Waals surface area contributed by atoms with Crippen LogP contribution in [0.25, 0.3) is 0 Å². The highest BCUT2D eigenvalue weighted by Gasteiger charge is 2.24. The van der Waals surface area contributed by atoms with Crippen LogP contribution in [0.5, 0.6) is 0 Å². The number of ether oxygens (including phenoxy) is 1. The summed E-state index contributed by atoms with van der Waals surface area (Å²) in [4.78, 5) is 0. The molecule has 0 spiro atoms. The van der Waals surface area contributed by atoms with E-state index in [9.17, 15) is 0 Å². The van der Waals surface area contributed by atoms with E-state index >= 15 is 0 Å². The van der Waals surface area contributed by atoms with Crippen LogP contribution in [0.2, 0.25) is 0 Å². The third-order valence-corrected chi connectivity index (χ3v) is 3.90. The maximum absolute atomic E-state index is 9.14. The molecular formula is C16H22N2O. The summed E-state index contributed by atoms with van der Waals surface area (Å²) < 4.78 is 5.98. The van der Waals surface area contributed by atoms with E-state index in [-0.39, 0.29) is 12.2 Å². The first kappa shape index (κ1) is 14.0. The molecule has 19 heavy (non-hydrogen) atoms. The SMILES string of the molecule is CC(C)(C#N)c1ccc(C2CCC[C@@H](CN)O2)cc1. The monoisotopic (exact) mass is 258 g/mol. The largest absolute Gasteiger partial charge is 0.369 e. The molecule has 0 radical (unpaired) electrons. The molecule has 1 heterocycles. The van der Waals surface area contributed by atoms with Crippen molar-refractivity contribution in [2.24, 2.45) is 5.73 Å². The van der Waals surface area contributed by atoms with Gasteiger partial charge in [0, 0.05) is 6.54 Å². The van der Waals surface area contributed by atoms with Crippen molar-refractivity contribution in [1.82, 2.24) is 0 Å². The topological polar surface area (TPSA) is 59.0 Å². The zero-order chi connectivity index (χ0) is 13.9. The van der Waals surface area contributed by atoms with Gasteiger partial charge in [0.2, 0.25) is 0 Å². The first-order valence-corrected chi connectivity index (χ1v) is 6.94. The minimum atomic E-state index is -0.439. The Balaban J connectivity index is 2.13. The smallest absolute Gasteiger partial charge is 0.0829 e. The number of nitrogens with two attached hydrogens (primary N) is 1. The summed E-state index contributed by atoms with van der Waals surface area (Å²) in [5.41, 5.74) is 7.48. The summed E-state index contributed by atoms with van der Waals surface area (Å²) in [6.45, 7) is 4.46. The maximum atomic E-state index is 9.14. The van der Waals surface area contributed by atoms with Crippen LogP contribution in [-0.2, 0) is 10.2 Å². The fourth-order valence-corrected chi connectivity index (χ4v) is 2.50. The average Bonchev–Trinajstić information content (AvgIpc) is 2.47. The van der Waals surface area contributed by atoms with E-state index in [0.717, 1.165) is 24.8 Å². The highest BCUT2D eigenvalue weighted by molar-refractivity contribution is 5.33. The predicted octanol–water partition coefficient (Wildman–Crippen LogP) is 3.06. The summed E-state index contributed by atoms with van der Waals surface area (Å²) in [7, 11) is 0. The van der Waals surface area contributed by atoms with Crippen molar-refractivity contribution < 1.29 is 4.74 Å². The molecule has 102 valence electrons. The molecule has 1 aromatic rings. The molecule has 0 aliphatic carbocycles. The normalized spacial score (nSPS) is 23.9. The van der Waals surface area contributed by atoms with Gasteiger partial charge in [-0.05, 0) is 44.2 Å². The van der Waals surface area contributed by atoms with Crippen LogP contribution in [0.15, 0.2) is 24.3 Å². The molecule has 2 atom stereocenters. The Morgan fingerprint density at radius 1 is 1.32 bits per heavy atom. The quantitative estimate of drug-likeness (QED) is 0.906. The van der Waals surface area contributed by atoms with Crippen LogP contribution in [-0.4, -0.2) is 12.6 Å². The zero-order valence-corrected chi connectivity index (χ0v) is 11.7. The van der Waals surface area contributed by atoms with Gasteiger partial charge in [-0.3, -0.25) is 0 Å². The molecule has 2 rings (SSSR count). The second-order valence-electron chi connectivity index (χ2n) is 5.77. The number of benzene rings is 1. The van der Waals surface area contributed by atoms with Crippen LogP contribution in [0, 0.1) is 11.3 Å². The Morgan fingerprint density at radius 2 is 2.00 bits per heavy atom. The van der Waals surface area contributed by atoms with E-state index in [2.05, 4.69) is 18.2 Å². The minimum absolute atomic E-state index is 0.154. The first-order chi connectivity index (χ1) is 9.06. The third kappa shape index (κ3) is 3.15. The van der Waals surface area contributed by atoms with Crippen LogP contribution in [0.3, 0.4) is 0 Å². The standard InChI is InChI=1S/C16H22N2O/c1-16(2,11-18)13-8-6-12(7-9-13)15-5-3-4-14(10-17)19-15/h6-9,14-15H,3-5,10,17H2,1-2H3/t14-,15?/m0/s1. The van der Waals surface area contributed by atoms with E-state index in [1.165, 1.54) is 5.56 Å². The van der Waals surface area contributed by atoms with E-state index in [4.69, 9.17) is 15.7 Å². The molecule has 1 unspecified atom stereocenters. The van der Waals surface area contributed by atoms with E-state index < -0.39 is 5.41 Å². The number of nitriles is 1. The molecule has 0 saturated carbocycles. The number of rotatable bonds is 3. The van der Waals surface area contributed by atoms with E-state index in [0.29, 0.717) is 6.54 Å². The van der Waals surface area contributed by atoms with Gasteiger partial charge < -0.3 is 10.5 Å². The van der Waals surface area contributed by atoms with Gasteiger partial charge in [0.15, 0.2) is 0 Å². The Hall–Kier alpha value is -1.37. The predicted molar refractivity (Wildman–Crippen MR) is 75.6 cm³/mol. The lowest BCUT2D eigenvalue weighted by Gasteiger charge is -2.30. The highest BCUT2D eigenvalue weighted by atomic mass is 16.5. The van der Waals surface area contributed by atoms with Crippen LogP contribution in [0.4, 0.5) is 0 Å². The van der Waals surface area contributed by atoms with Gasteiger partial charge in [0.1, 0.15) is 0 Å². The van der Waals surface area contributed by atoms with E-state index in [1.54, 1.807) is 0 Å². The van der Waals surface area contributed by atoms with Crippen molar-refractivity contribution >= 4 is 0 Å². The van der Waals surface area contributed by atoms with Gasteiger partial charge in [-0.1, -0.05) is 24.3 Å². The average molecular weight is 258 g/mol. The second kappa shape index (κ2) is 5.73. The molecule has 3 nitrogen and oxygen atoms in total. The minimum Gasteiger partial charge on any atom is -0.369 e. The lowest BCUT2D eigenvalue weighted by molar-refractivity contribution is -0.0462. The summed E-state index contributed by atoms with van der Waals surface area (Å²) in [6, 6.07) is 10.6. The van der Waals surface area contributed by atoms with Crippen molar-refractivity contribution in [1.29, 1.82) is 5.26 Å². The molecule has 1 aliphatic heterocycles. The fourth-order valence-electron chi connectivity index (χ4n) is 2.50. The van der Waals surface area contributed by atoms with Crippen molar-refractivity contribution in [2.75, 3.05) is 6.54 Å². The fraction of sp³-hybridized carbons (Fsp3) is 0.562. The van der Waals surface area contributed by atoms with Gasteiger partial charge in [-0.2, -0.15) is 5.26 Å². The Morgan fingerprint density at radius 3 is 2.58 bits per heavy atom. The Labute approximate surface area is 115 Å². The molecule has 1 fully saturated rings. The van der Waals surface area contributed by atoms with Crippen LogP contribution in [0.1, 0.15) is 50.3 Å². The summed E-state index contributed by atoms with van der Waals surface area (Å²) in [6.07, 6.45) is 3.62. The number of nitrogens with zero attached hydrogens (tertiary/aromatic N) is 1. The first-order valence-electron chi connectivity index (χ1n) is 6.94. The maximum Gasteiger partial charge on any atom is 0.0829 e. The molecule has 0 bridgehead atoms. The lowest BCUT2D eigenvalue weighted by Crippen LogP contribution is -2.29. The molecule has 0 amide bonds. The molecular weight excluding hydrogens is 236 g/mol. The van der Waals surface area contributed by atoms with E-state index in [1.807, 2.05) is 26.0 Å². The molecule has 1 aromatic carbocycles. The van der Waals surface area contributed by atoms with Gasteiger partial charge in [-0.25, -0.2) is 0 Å². The summed E-state index contributed by atoms with van der Waals surface area (Å²) >= 11 is 0. The van der Waals surface area contributed by atoms with Gasteiger partial charge >= 0.3 is 0 Å². The number of hydrogen-bond acceptors (Lipinski definition) is 3. The van der Waals surface area contributed by atoms with Gasteiger partial charge in [0.05, 0.1) is 23.7 Å². The third-order valence-electron chi connectivity index (χ3n) is 3.90. The van der Waals surface area contributed by atoms with Crippen molar-refractivity contribution in [3.63, 3.8) is 0 Å². The Bertz CT molecular complexity index is 459. The van der Waals surface area contributed by atoms with Gasteiger partial charge in [-0.15, -0.1) is 0 Å². The molecule has 1 aliphatic rings. The highest BCUT2D eigenvalue weighted by Crippen LogP contribution is 2.32. The number of hydrogen-bond donors (Lipinski definition) is 1.